The van der Waals surface area contributed by atoms with Crippen molar-refractivity contribution in [1.82, 2.24) is 10.2 Å². The summed E-state index contributed by atoms with van der Waals surface area (Å²) in [4.78, 5) is 14.2. The van der Waals surface area contributed by atoms with Crippen molar-refractivity contribution in [3.8, 4) is 11.5 Å². The quantitative estimate of drug-likeness (QED) is 0.801. The van der Waals surface area contributed by atoms with E-state index in [2.05, 4.69) is 16.3 Å². The van der Waals surface area contributed by atoms with Gasteiger partial charge in [-0.1, -0.05) is 30.3 Å². The molecular weight excluding hydrogens is 316 g/mol. The summed E-state index contributed by atoms with van der Waals surface area (Å²) in [5.74, 6) is 1.03. The van der Waals surface area contributed by atoms with Crippen molar-refractivity contribution >= 4 is 5.91 Å². The fourth-order valence-electron chi connectivity index (χ4n) is 2.51. The van der Waals surface area contributed by atoms with Gasteiger partial charge in [-0.25, -0.2) is 0 Å². The third-order valence-corrected chi connectivity index (χ3v) is 3.76. The first kappa shape index (κ1) is 18.8. The Morgan fingerprint density at radius 1 is 1.08 bits per heavy atom. The predicted octanol–water partition coefficient (Wildman–Crippen LogP) is 2.76. The van der Waals surface area contributed by atoms with Gasteiger partial charge in [0.05, 0.1) is 7.11 Å². The Morgan fingerprint density at radius 3 is 2.48 bits per heavy atom. The van der Waals surface area contributed by atoms with Crippen LogP contribution in [0.25, 0.3) is 0 Å². The lowest BCUT2D eigenvalue weighted by Gasteiger charge is -2.15. The second kappa shape index (κ2) is 9.08. The zero-order valence-corrected chi connectivity index (χ0v) is 15.3. The summed E-state index contributed by atoms with van der Waals surface area (Å²) < 4.78 is 10.9. The van der Waals surface area contributed by atoms with E-state index >= 15 is 0 Å². The average Bonchev–Trinajstić information content (AvgIpc) is 2.59. The number of hydrogen-bond donors (Lipinski definition) is 1. The molecule has 2 aromatic rings. The SMILES string of the molecule is COc1cc(C)ccc1OCC(=O)NCc1ccccc1CN(C)C. The van der Waals surface area contributed by atoms with E-state index in [0.717, 1.165) is 17.7 Å². The van der Waals surface area contributed by atoms with E-state index in [0.29, 0.717) is 18.0 Å². The molecule has 0 fully saturated rings. The number of rotatable bonds is 8. The summed E-state index contributed by atoms with van der Waals surface area (Å²) in [5, 5.41) is 2.91. The molecule has 0 heterocycles. The molecule has 5 nitrogen and oxygen atoms in total. The highest BCUT2D eigenvalue weighted by Gasteiger charge is 2.09. The highest BCUT2D eigenvalue weighted by molar-refractivity contribution is 5.77. The molecule has 0 radical (unpaired) electrons. The van der Waals surface area contributed by atoms with Gasteiger partial charge in [-0.05, 0) is 49.8 Å². The van der Waals surface area contributed by atoms with Crippen molar-refractivity contribution in [3.63, 3.8) is 0 Å². The molecule has 1 N–H and O–H groups in total. The van der Waals surface area contributed by atoms with Crippen molar-refractivity contribution in [1.29, 1.82) is 0 Å². The van der Waals surface area contributed by atoms with Gasteiger partial charge in [-0.15, -0.1) is 0 Å². The minimum absolute atomic E-state index is 0.0464. The second-order valence-electron chi connectivity index (χ2n) is 6.23. The topological polar surface area (TPSA) is 50.8 Å². The van der Waals surface area contributed by atoms with Crippen molar-refractivity contribution < 1.29 is 14.3 Å². The van der Waals surface area contributed by atoms with Crippen molar-refractivity contribution in [2.45, 2.75) is 20.0 Å². The molecule has 25 heavy (non-hydrogen) atoms. The van der Waals surface area contributed by atoms with E-state index in [9.17, 15) is 4.79 Å². The van der Waals surface area contributed by atoms with Crippen LogP contribution in [-0.2, 0) is 17.9 Å². The lowest BCUT2D eigenvalue weighted by Crippen LogP contribution is -2.29. The molecule has 5 heteroatoms. The smallest absolute Gasteiger partial charge is 0.258 e. The van der Waals surface area contributed by atoms with Crippen molar-refractivity contribution in [2.75, 3.05) is 27.8 Å². The summed E-state index contributed by atoms with van der Waals surface area (Å²) in [6, 6.07) is 13.7. The molecule has 0 aromatic heterocycles. The number of benzene rings is 2. The minimum Gasteiger partial charge on any atom is -0.493 e. The summed E-state index contributed by atoms with van der Waals surface area (Å²) >= 11 is 0. The first-order valence-corrected chi connectivity index (χ1v) is 8.25. The van der Waals surface area contributed by atoms with Gasteiger partial charge in [-0.3, -0.25) is 4.79 Å². The van der Waals surface area contributed by atoms with E-state index in [1.807, 2.05) is 57.4 Å². The van der Waals surface area contributed by atoms with Gasteiger partial charge in [0.1, 0.15) is 0 Å². The van der Waals surface area contributed by atoms with Crippen LogP contribution in [-0.4, -0.2) is 38.6 Å². The third kappa shape index (κ3) is 5.80. The van der Waals surface area contributed by atoms with E-state index in [-0.39, 0.29) is 12.5 Å². The van der Waals surface area contributed by atoms with Crippen LogP contribution < -0.4 is 14.8 Å². The lowest BCUT2D eigenvalue weighted by atomic mass is 10.1. The van der Waals surface area contributed by atoms with E-state index in [1.54, 1.807) is 7.11 Å². The van der Waals surface area contributed by atoms with Crippen LogP contribution in [0.4, 0.5) is 0 Å². The Balaban J connectivity index is 1.89. The molecule has 0 aliphatic carbocycles. The second-order valence-corrected chi connectivity index (χ2v) is 6.23. The Bertz CT molecular complexity index is 714. The fourth-order valence-corrected chi connectivity index (χ4v) is 2.51. The number of nitrogens with one attached hydrogen (secondary N) is 1. The summed E-state index contributed by atoms with van der Waals surface area (Å²) in [6.45, 7) is 3.25. The monoisotopic (exact) mass is 342 g/mol. The zero-order valence-electron chi connectivity index (χ0n) is 15.3. The molecule has 1 amide bonds. The van der Waals surface area contributed by atoms with Gasteiger partial charge in [-0.2, -0.15) is 0 Å². The molecule has 2 rings (SSSR count). The highest BCUT2D eigenvalue weighted by Crippen LogP contribution is 2.27. The first-order chi connectivity index (χ1) is 12.0. The van der Waals surface area contributed by atoms with Gasteiger partial charge < -0.3 is 19.7 Å². The molecule has 2 aromatic carbocycles. The number of methoxy groups -OCH3 is 1. The van der Waals surface area contributed by atoms with Crippen LogP contribution in [0.1, 0.15) is 16.7 Å². The fraction of sp³-hybridized carbons (Fsp3) is 0.350. The van der Waals surface area contributed by atoms with E-state index < -0.39 is 0 Å². The number of carbonyl (C=O) groups excluding carboxylic acids is 1. The van der Waals surface area contributed by atoms with Crippen molar-refractivity contribution in [3.05, 3.63) is 59.2 Å². The third-order valence-electron chi connectivity index (χ3n) is 3.76. The number of amides is 1. The van der Waals surface area contributed by atoms with Gasteiger partial charge in [0, 0.05) is 13.1 Å². The molecule has 0 spiro atoms. The maximum Gasteiger partial charge on any atom is 0.258 e. The van der Waals surface area contributed by atoms with Crippen molar-refractivity contribution in [2.24, 2.45) is 0 Å². The normalized spacial score (nSPS) is 10.6. The van der Waals surface area contributed by atoms with Gasteiger partial charge in [0.15, 0.2) is 18.1 Å². The number of nitrogens with zero attached hydrogens (tertiary/aromatic N) is 1. The van der Waals surface area contributed by atoms with E-state index in [4.69, 9.17) is 9.47 Å². The van der Waals surface area contributed by atoms with Gasteiger partial charge in [0.2, 0.25) is 0 Å². The minimum atomic E-state index is -0.165. The number of hydrogen-bond acceptors (Lipinski definition) is 4. The van der Waals surface area contributed by atoms with Gasteiger partial charge in [0.25, 0.3) is 5.91 Å². The van der Waals surface area contributed by atoms with Crippen LogP contribution >= 0.6 is 0 Å². The number of ether oxygens (including phenoxy) is 2. The number of aryl methyl sites for hydroxylation is 1. The van der Waals surface area contributed by atoms with Gasteiger partial charge >= 0.3 is 0 Å². The Morgan fingerprint density at radius 2 is 1.80 bits per heavy atom. The molecule has 0 atom stereocenters. The van der Waals surface area contributed by atoms with Crippen LogP contribution in [0, 0.1) is 6.92 Å². The molecule has 0 saturated heterocycles. The molecule has 0 bridgehead atoms. The molecule has 134 valence electrons. The maximum atomic E-state index is 12.1. The largest absolute Gasteiger partial charge is 0.493 e. The summed E-state index contributed by atoms with van der Waals surface area (Å²) in [7, 11) is 5.64. The molecule has 0 aliphatic heterocycles. The standard InChI is InChI=1S/C20H26N2O3/c1-15-9-10-18(19(11-15)24-4)25-14-20(23)21-12-16-7-5-6-8-17(16)13-22(2)3/h5-11H,12-14H2,1-4H3,(H,21,23). The number of carbonyl (C=O) groups is 1. The Hall–Kier alpha value is -2.53. The molecule has 0 unspecified atom stereocenters. The van der Waals surface area contributed by atoms with Crippen LogP contribution in [0.15, 0.2) is 42.5 Å². The molecule has 0 saturated carbocycles. The van der Waals surface area contributed by atoms with Crippen LogP contribution in [0.2, 0.25) is 0 Å². The zero-order chi connectivity index (χ0) is 18.2. The van der Waals surface area contributed by atoms with Crippen LogP contribution in [0.5, 0.6) is 11.5 Å². The predicted molar refractivity (Wildman–Crippen MR) is 98.9 cm³/mol. The summed E-state index contributed by atoms with van der Waals surface area (Å²) in [5.41, 5.74) is 3.39. The first-order valence-electron chi connectivity index (χ1n) is 8.25. The summed E-state index contributed by atoms with van der Waals surface area (Å²) in [6.07, 6.45) is 0. The Kier molecular flexibility index (Phi) is 6.83. The van der Waals surface area contributed by atoms with Crippen LogP contribution in [0.3, 0.4) is 0 Å². The average molecular weight is 342 g/mol. The molecule has 0 aliphatic rings. The Labute approximate surface area is 149 Å². The highest BCUT2D eigenvalue weighted by atomic mass is 16.5. The molecular formula is C20H26N2O3. The van der Waals surface area contributed by atoms with E-state index in [1.165, 1.54) is 5.56 Å². The lowest BCUT2D eigenvalue weighted by molar-refractivity contribution is -0.123. The maximum absolute atomic E-state index is 12.1.